The van der Waals surface area contributed by atoms with Crippen LogP contribution in [0.2, 0.25) is 0 Å². The molecular formula is C36H42FN7O4. The number of pyridine rings is 1. The third kappa shape index (κ3) is 7.83. The molecule has 0 aliphatic carbocycles. The van der Waals surface area contributed by atoms with Gasteiger partial charge in [-0.05, 0) is 67.3 Å². The minimum Gasteiger partial charge on any atom is -0.461 e. The van der Waals surface area contributed by atoms with Crippen molar-refractivity contribution >= 4 is 39.9 Å². The number of benzene rings is 2. The molecule has 0 fully saturated rings. The second-order valence-corrected chi connectivity index (χ2v) is 12.9. The van der Waals surface area contributed by atoms with Crippen LogP contribution in [0.5, 0.6) is 0 Å². The molecule has 252 valence electrons. The van der Waals surface area contributed by atoms with Gasteiger partial charge in [0.2, 0.25) is 0 Å². The summed E-state index contributed by atoms with van der Waals surface area (Å²) in [6.45, 7) is 13.7. The van der Waals surface area contributed by atoms with Crippen molar-refractivity contribution in [2.75, 3.05) is 13.6 Å². The summed E-state index contributed by atoms with van der Waals surface area (Å²) in [5.74, 6) is -1.48. The molecule has 0 saturated carbocycles. The highest BCUT2D eigenvalue weighted by Crippen LogP contribution is 2.28. The van der Waals surface area contributed by atoms with Gasteiger partial charge < -0.3 is 21.1 Å². The van der Waals surface area contributed by atoms with Crippen molar-refractivity contribution in [3.63, 3.8) is 0 Å². The number of esters is 1. The smallest absolute Gasteiger partial charge is 0.302 e. The Kier molecular flexibility index (Phi) is 10.6. The van der Waals surface area contributed by atoms with Gasteiger partial charge >= 0.3 is 5.97 Å². The maximum absolute atomic E-state index is 15.4. The predicted octanol–water partition coefficient (Wildman–Crippen LogP) is 4.94. The minimum absolute atomic E-state index is 0.0391. The Balaban J connectivity index is 1.85. The fraction of sp³-hybridized carbons (Fsp3) is 0.333. The molecule has 2 aromatic heterocycles. The largest absolute Gasteiger partial charge is 0.461 e. The zero-order valence-corrected chi connectivity index (χ0v) is 28.6. The van der Waals surface area contributed by atoms with Gasteiger partial charge in [0.05, 0.1) is 17.3 Å². The Bertz CT molecular complexity index is 1970. The maximum atomic E-state index is 15.4. The summed E-state index contributed by atoms with van der Waals surface area (Å²) in [6, 6.07) is 11.6. The van der Waals surface area contributed by atoms with E-state index in [0.29, 0.717) is 16.5 Å². The van der Waals surface area contributed by atoms with Crippen molar-refractivity contribution in [2.45, 2.75) is 66.0 Å². The number of hydrogen-bond acceptors (Lipinski definition) is 9. The molecule has 4 N–H and O–H groups in total. The standard InChI is InChI=1S/C36H42FN7O4/c1-9-41-36(6,7)23-13-14-31(40-19-23)43-29(33(46)39-8)17-28(38)25-11-10-12-30(26(25)20-48-21(2)45)44-34(47)32-22(18-42-44)15-24(16-27(32)37)35(3,4)5/h10-19,41H,9,20,38H2,1-8H3,(H,39,46). The van der Waals surface area contributed by atoms with Crippen molar-refractivity contribution in [1.82, 2.24) is 25.4 Å². The molecule has 1 amide bonds. The number of carbonyl (C=O) groups excluding carboxylic acids is 2. The van der Waals surface area contributed by atoms with E-state index in [2.05, 4.69) is 25.7 Å². The van der Waals surface area contributed by atoms with Crippen LogP contribution >= 0.6 is 0 Å². The Hall–Kier alpha value is -5.23. The zero-order chi connectivity index (χ0) is 35.4. The molecule has 0 atom stereocenters. The zero-order valence-electron chi connectivity index (χ0n) is 28.6. The van der Waals surface area contributed by atoms with Crippen LogP contribution < -0.4 is 21.9 Å². The molecule has 11 nitrogen and oxygen atoms in total. The molecule has 4 rings (SSSR count). The van der Waals surface area contributed by atoms with Gasteiger partial charge in [-0.15, -0.1) is 0 Å². The molecule has 48 heavy (non-hydrogen) atoms. The van der Waals surface area contributed by atoms with E-state index >= 15 is 4.39 Å². The number of nitrogens with one attached hydrogen (secondary N) is 2. The van der Waals surface area contributed by atoms with E-state index in [1.807, 2.05) is 47.6 Å². The number of amides is 1. The van der Waals surface area contributed by atoms with E-state index in [9.17, 15) is 14.4 Å². The van der Waals surface area contributed by atoms with Crippen molar-refractivity contribution in [1.29, 1.82) is 0 Å². The number of ether oxygens (including phenoxy) is 1. The molecule has 0 radical (unpaired) electrons. The average molecular weight is 656 g/mol. The lowest BCUT2D eigenvalue weighted by Crippen LogP contribution is -2.36. The Morgan fingerprint density at radius 2 is 1.81 bits per heavy atom. The number of aromatic nitrogens is 3. The summed E-state index contributed by atoms with van der Waals surface area (Å²) in [5.41, 5.74) is 7.81. The van der Waals surface area contributed by atoms with Crippen LogP contribution in [-0.4, -0.2) is 45.9 Å². The first-order valence-electron chi connectivity index (χ1n) is 15.5. The third-order valence-corrected chi connectivity index (χ3v) is 7.89. The monoisotopic (exact) mass is 655 g/mol. The van der Waals surface area contributed by atoms with E-state index in [4.69, 9.17) is 10.5 Å². The van der Waals surface area contributed by atoms with Gasteiger partial charge in [-0.2, -0.15) is 9.78 Å². The Morgan fingerprint density at radius 3 is 2.42 bits per heavy atom. The van der Waals surface area contributed by atoms with Gasteiger partial charge in [-0.3, -0.25) is 14.4 Å². The van der Waals surface area contributed by atoms with Crippen molar-refractivity contribution in [2.24, 2.45) is 10.7 Å². The summed E-state index contributed by atoms with van der Waals surface area (Å²) < 4.78 is 21.8. The molecule has 0 saturated heterocycles. The number of carbonyl (C=O) groups is 2. The van der Waals surface area contributed by atoms with Gasteiger partial charge in [0, 0.05) is 47.9 Å². The molecule has 0 aliphatic rings. The Morgan fingerprint density at radius 1 is 1.08 bits per heavy atom. The Labute approximate surface area is 279 Å². The highest BCUT2D eigenvalue weighted by Gasteiger charge is 2.22. The first-order chi connectivity index (χ1) is 22.6. The van der Waals surface area contributed by atoms with Crippen LogP contribution in [0.3, 0.4) is 0 Å². The number of halogens is 1. The van der Waals surface area contributed by atoms with Crippen LogP contribution in [-0.2, 0) is 31.9 Å². The van der Waals surface area contributed by atoms with Crippen molar-refractivity contribution < 1.29 is 18.7 Å². The lowest BCUT2D eigenvalue weighted by Gasteiger charge is -2.25. The third-order valence-electron chi connectivity index (χ3n) is 7.89. The number of nitrogens with two attached hydrogens (primary N) is 1. The lowest BCUT2D eigenvalue weighted by atomic mass is 9.86. The number of hydrogen-bond donors (Lipinski definition) is 3. The van der Waals surface area contributed by atoms with Crippen LogP contribution in [0.15, 0.2) is 70.7 Å². The average Bonchev–Trinajstić information content (AvgIpc) is 3.02. The molecule has 0 spiro atoms. The van der Waals surface area contributed by atoms with Crippen LogP contribution in [0.4, 0.5) is 10.2 Å². The first-order valence-corrected chi connectivity index (χ1v) is 15.5. The SMILES string of the molecule is CCNC(C)(C)c1ccc(N=C(C=C(N)c2cccc(-n3ncc4cc(C(C)(C)C)cc(F)c4c3=O)c2COC(C)=O)C(=O)NC)nc1. The summed E-state index contributed by atoms with van der Waals surface area (Å²) in [6.07, 6.45) is 4.49. The van der Waals surface area contributed by atoms with E-state index in [1.165, 1.54) is 32.3 Å². The molecular weight excluding hydrogens is 613 g/mol. The van der Waals surface area contributed by atoms with Gasteiger partial charge in [0.25, 0.3) is 11.5 Å². The van der Waals surface area contributed by atoms with E-state index in [0.717, 1.165) is 22.4 Å². The normalized spacial score (nSPS) is 12.7. The van der Waals surface area contributed by atoms with Gasteiger partial charge in [-0.1, -0.05) is 45.9 Å². The quantitative estimate of drug-likeness (QED) is 0.160. The first kappa shape index (κ1) is 35.6. The van der Waals surface area contributed by atoms with Gasteiger partial charge in [0.1, 0.15) is 18.1 Å². The van der Waals surface area contributed by atoms with E-state index < -0.39 is 23.3 Å². The molecule has 2 heterocycles. The fourth-order valence-electron chi connectivity index (χ4n) is 5.20. The summed E-state index contributed by atoms with van der Waals surface area (Å²) >= 11 is 0. The highest BCUT2D eigenvalue weighted by atomic mass is 19.1. The van der Waals surface area contributed by atoms with Crippen molar-refractivity contribution in [3.8, 4) is 5.69 Å². The molecule has 0 unspecified atom stereocenters. The fourth-order valence-corrected chi connectivity index (χ4v) is 5.20. The molecule has 0 aliphatic heterocycles. The lowest BCUT2D eigenvalue weighted by molar-refractivity contribution is -0.142. The second-order valence-electron chi connectivity index (χ2n) is 12.9. The number of nitrogens with zero attached hydrogens (tertiary/aromatic N) is 4. The highest BCUT2D eigenvalue weighted by molar-refractivity contribution is 6.44. The molecule has 2 aromatic carbocycles. The predicted molar refractivity (Wildman–Crippen MR) is 186 cm³/mol. The van der Waals surface area contributed by atoms with E-state index in [-0.39, 0.29) is 45.9 Å². The number of fused-ring (bicyclic) bond motifs is 1. The van der Waals surface area contributed by atoms with Gasteiger partial charge in [0.15, 0.2) is 5.82 Å². The minimum atomic E-state index is -0.700. The maximum Gasteiger partial charge on any atom is 0.302 e. The topological polar surface area (TPSA) is 154 Å². The number of aliphatic imine (C=N–C) groups is 1. The molecule has 4 aromatic rings. The molecule has 0 bridgehead atoms. The van der Waals surface area contributed by atoms with Crippen molar-refractivity contribution in [3.05, 3.63) is 99.4 Å². The van der Waals surface area contributed by atoms with E-state index in [1.54, 1.807) is 36.5 Å². The summed E-state index contributed by atoms with van der Waals surface area (Å²) in [4.78, 5) is 47.4. The van der Waals surface area contributed by atoms with Crippen LogP contribution in [0, 0.1) is 5.82 Å². The summed E-state index contributed by atoms with van der Waals surface area (Å²) in [7, 11) is 1.46. The van der Waals surface area contributed by atoms with Gasteiger partial charge in [-0.25, -0.2) is 14.4 Å². The second kappa shape index (κ2) is 14.3. The summed E-state index contributed by atoms with van der Waals surface area (Å²) in [5, 5.41) is 10.5. The molecule has 12 heteroatoms. The van der Waals surface area contributed by atoms with Crippen LogP contribution in [0.1, 0.15) is 70.7 Å². The number of rotatable bonds is 10. The van der Waals surface area contributed by atoms with Crippen LogP contribution in [0.25, 0.3) is 22.2 Å².